The van der Waals surface area contributed by atoms with Gasteiger partial charge in [-0.3, -0.25) is 9.59 Å². The highest BCUT2D eigenvalue weighted by Gasteiger charge is 2.30. The second kappa shape index (κ2) is 9.92. The van der Waals surface area contributed by atoms with Gasteiger partial charge in [-0.25, -0.2) is 0 Å². The van der Waals surface area contributed by atoms with Crippen LogP contribution >= 0.6 is 11.6 Å². The average molecular weight is 456 g/mol. The van der Waals surface area contributed by atoms with Crippen LogP contribution in [0.3, 0.4) is 0 Å². The van der Waals surface area contributed by atoms with E-state index in [0.717, 1.165) is 49.2 Å². The van der Waals surface area contributed by atoms with Crippen molar-refractivity contribution in [2.24, 2.45) is 5.92 Å². The molecule has 170 valence electrons. The van der Waals surface area contributed by atoms with Crippen LogP contribution in [-0.4, -0.2) is 50.1 Å². The normalized spacial score (nSPS) is 17.8. The minimum atomic E-state index is -0.122. The molecule has 2 aromatic rings. The van der Waals surface area contributed by atoms with Gasteiger partial charge in [0, 0.05) is 51.1 Å². The number of hydrogen-bond acceptors (Lipinski definition) is 4. The van der Waals surface area contributed by atoms with Gasteiger partial charge in [-0.05, 0) is 61.6 Å². The number of halogens is 1. The number of amides is 2. The van der Waals surface area contributed by atoms with E-state index in [4.69, 9.17) is 16.3 Å². The molecule has 2 amide bonds. The summed E-state index contributed by atoms with van der Waals surface area (Å²) in [4.78, 5) is 29.6. The number of carbonyl (C=O) groups is 2. The molecule has 0 radical (unpaired) electrons. The summed E-state index contributed by atoms with van der Waals surface area (Å²) >= 11 is 6.35. The third kappa shape index (κ3) is 5.43. The molecule has 1 N–H and O–H groups in total. The highest BCUT2D eigenvalue weighted by Crippen LogP contribution is 2.32. The Labute approximate surface area is 194 Å². The van der Waals surface area contributed by atoms with E-state index >= 15 is 0 Å². The van der Waals surface area contributed by atoms with E-state index in [1.165, 1.54) is 0 Å². The van der Waals surface area contributed by atoms with Crippen LogP contribution in [0.4, 0.5) is 11.4 Å². The lowest BCUT2D eigenvalue weighted by Crippen LogP contribution is -2.37. The molecule has 1 saturated carbocycles. The molecule has 2 fully saturated rings. The van der Waals surface area contributed by atoms with Crippen molar-refractivity contribution in [2.45, 2.75) is 38.3 Å². The topological polar surface area (TPSA) is 61.9 Å². The zero-order valence-corrected chi connectivity index (χ0v) is 19.4. The Kier molecular flexibility index (Phi) is 7.01. The Morgan fingerprint density at radius 3 is 2.56 bits per heavy atom. The summed E-state index contributed by atoms with van der Waals surface area (Å²) in [6.07, 6.45) is 3.86. The minimum absolute atomic E-state index is 0.0157. The maximum absolute atomic E-state index is 13.5. The third-order valence-corrected chi connectivity index (χ3v) is 6.31. The van der Waals surface area contributed by atoms with Gasteiger partial charge in [0.1, 0.15) is 0 Å². The minimum Gasteiger partial charge on any atom is -0.377 e. The van der Waals surface area contributed by atoms with Crippen LogP contribution in [0.5, 0.6) is 0 Å². The number of nitrogens with one attached hydrogen (secondary N) is 1. The van der Waals surface area contributed by atoms with Gasteiger partial charge in [0.15, 0.2) is 0 Å². The SMILES string of the molecule is CN(C)c1ccc(NC(=O)C2CC2)cc1CN(CC1CCCO1)C(=O)c1ccccc1Cl. The summed E-state index contributed by atoms with van der Waals surface area (Å²) in [5.74, 6) is 0.0740. The van der Waals surface area contributed by atoms with E-state index in [0.29, 0.717) is 23.7 Å². The molecule has 2 aromatic carbocycles. The maximum atomic E-state index is 13.5. The average Bonchev–Trinajstić information content (AvgIpc) is 3.50. The molecular weight excluding hydrogens is 426 g/mol. The lowest BCUT2D eigenvalue weighted by molar-refractivity contribution is -0.117. The third-order valence-electron chi connectivity index (χ3n) is 5.98. The van der Waals surface area contributed by atoms with Crippen molar-refractivity contribution in [3.63, 3.8) is 0 Å². The molecule has 6 nitrogen and oxygen atoms in total. The highest BCUT2D eigenvalue weighted by molar-refractivity contribution is 6.33. The first-order valence-corrected chi connectivity index (χ1v) is 11.6. The quantitative estimate of drug-likeness (QED) is 0.633. The largest absolute Gasteiger partial charge is 0.377 e. The fraction of sp³-hybridized carbons (Fsp3) is 0.440. The zero-order valence-electron chi connectivity index (χ0n) is 18.6. The number of ether oxygens (including phenoxy) is 1. The van der Waals surface area contributed by atoms with Gasteiger partial charge >= 0.3 is 0 Å². The summed E-state index contributed by atoms with van der Waals surface area (Å²) in [6, 6.07) is 13.0. The molecule has 4 rings (SSSR count). The Hall–Kier alpha value is -2.57. The van der Waals surface area contributed by atoms with Crippen LogP contribution in [0.2, 0.25) is 5.02 Å². The molecule has 1 aliphatic carbocycles. The van der Waals surface area contributed by atoms with E-state index in [-0.39, 0.29) is 23.8 Å². The van der Waals surface area contributed by atoms with Crippen LogP contribution in [0.15, 0.2) is 42.5 Å². The number of rotatable bonds is 8. The summed E-state index contributed by atoms with van der Waals surface area (Å²) in [6.45, 7) is 1.62. The van der Waals surface area contributed by atoms with Crippen LogP contribution in [0.25, 0.3) is 0 Å². The molecule has 1 unspecified atom stereocenters. The van der Waals surface area contributed by atoms with Crippen LogP contribution in [0, 0.1) is 5.92 Å². The molecule has 7 heteroatoms. The van der Waals surface area contributed by atoms with Crippen molar-refractivity contribution in [3.8, 4) is 0 Å². The molecule has 2 aliphatic rings. The van der Waals surface area contributed by atoms with Gasteiger partial charge in [0.25, 0.3) is 5.91 Å². The molecule has 1 saturated heterocycles. The Morgan fingerprint density at radius 1 is 1.12 bits per heavy atom. The monoisotopic (exact) mass is 455 g/mol. The number of hydrogen-bond donors (Lipinski definition) is 1. The van der Waals surface area contributed by atoms with Crippen molar-refractivity contribution in [1.29, 1.82) is 0 Å². The second-order valence-corrected chi connectivity index (χ2v) is 9.21. The smallest absolute Gasteiger partial charge is 0.255 e. The number of benzene rings is 2. The first-order valence-electron chi connectivity index (χ1n) is 11.2. The summed E-state index contributed by atoms with van der Waals surface area (Å²) in [5, 5.41) is 3.46. The fourth-order valence-corrected chi connectivity index (χ4v) is 4.30. The number of anilines is 2. The van der Waals surface area contributed by atoms with E-state index < -0.39 is 0 Å². The lowest BCUT2D eigenvalue weighted by atomic mass is 10.1. The van der Waals surface area contributed by atoms with Crippen molar-refractivity contribution >= 4 is 34.8 Å². The Balaban J connectivity index is 1.62. The number of carbonyl (C=O) groups excluding carboxylic acids is 2. The van der Waals surface area contributed by atoms with Gasteiger partial charge in [-0.15, -0.1) is 0 Å². The summed E-state index contributed by atoms with van der Waals surface area (Å²) in [7, 11) is 3.95. The molecule has 32 heavy (non-hydrogen) atoms. The molecular formula is C25H30ClN3O3. The van der Waals surface area contributed by atoms with Crippen molar-refractivity contribution < 1.29 is 14.3 Å². The molecule has 0 bridgehead atoms. The van der Waals surface area contributed by atoms with Crippen LogP contribution < -0.4 is 10.2 Å². The van der Waals surface area contributed by atoms with E-state index in [1.807, 2.05) is 54.2 Å². The predicted octanol–water partition coefficient (Wildman–Crippen LogP) is 4.58. The second-order valence-electron chi connectivity index (χ2n) is 8.80. The van der Waals surface area contributed by atoms with Gasteiger partial charge in [-0.2, -0.15) is 0 Å². The maximum Gasteiger partial charge on any atom is 0.255 e. The van der Waals surface area contributed by atoms with Crippen LogP contribution in [0.1, 0.15) is 41.6 Å². The standard InChI is InChI=1S/C25H30ClN3O3/c1-28(2)23-12-11-19(27-24(30)17-9-10-17)14-18(23)15-29(16-20-6-5-13-32-20)25(31)21-7-3-4-8-22(21)26/h3-4,7-8,11-12,14,17,20H,5-6,9-10,13,15-16H2,1-2H3,(H,27,30). The first-order chi connectivity index (χ1) is 15.4. The van der Waals surface area contributed by atoms with E-state index in [2.05, 4.69) is 5.32 Å². The van der Waals surface area contributed by atoms with Crippen molar-refractivity contribution in [2.75, 3.05) is 37.5 Å². The van der Waals surface area contributed by atoms with Gasteiger partial charge in [0.2, 0.25) is 5.91 Å². The number of nitrogens with zero attached hydrogens (tertiary/aromatic N) is 2. The molecule has 1 aliphatic heterocycles. The fourth-order valence-electron chi connectivity index (χ4n) is 4.08. The molecule has 0 spiro atoms. The summed E-state index contributed by atoms with van der Waals surface area (Å²) < 4.78 is 5.83. The molecule has 1 heterocycles. The lowest BCUT2D eigenvalue weighted by Gasteiger charge is -2.28. The zero-order chi connectivity index (χ0) is 22.7. The van der Waals surface area contributed by atoms with Gasteiger partial charge in [0.05, 0.1) is 16.7 Å². The van der Waals surface area contributed by atoms with E-state index in [1.54, 1.807) is 12.1 Å². The van der Waals surface area contributed by atoms with Crippen molar-refractivity contribution in [1.82, 2.24) is 4.90 Å². The Morgan fingerprint density at radius 2 is 1.91 bits per heavy atom. The molecule has 1 atom stereocenters. The first kappa shape index (κ1) is 22.6. The summed E-state index contributed by atoms with van der Waals surface area (Å²) in [5.41, 5.74) is 3.20. The van der Waals surface area contributed by atoms with Gasteiger partial charge in [-0.1, -0.05) is 23.7 Å². The van der Waals surface area contributed by atoms with Crippen molar-refractivity contribution in [3.05, 3.63) is 58.6 Å². The molecule has 0 aromatic heterocycles. The predicted molar refractivity (Wildman–Crippen MR) is 127 cm³/mol. The van der Waals surface area contributed by atoms with Gasteiger partial charge < -0.3 is 19.9 Å². The Bertz CT molecular complexity index is 984. The van der Waals surface area contributed by atoms with E-state index in [9.17, 15) is 9.59 Å². The highest BCUT2D eigenvalue weighted by atomic mass is 35.5. The van der Waals surface area contributed by atoms with Crippen LogP contribution in [-0.2, 0) is 16.1 Å².